The van der Waals surface area contributed by atoms with Crippen LogP contribution in [0.2, 0.25) is 0 Å². The Bertz CT molecular complexity index is 1200. The van der Waals surface area contributed by atoms with Crippen molar-refractivity contribution < 1.29 is 4.74 Å². The summed E-state index contributed by atoms with van der Waals surface area (Å²) in [4.78, 5) is 10.1. The lowest BCUT2D eigenvalue weighted by Gasteiger charge is -2.44. The minimum atomic E-state index is -0.712. The number of methoxy groups -OCH3 is 1. The van der Waals surface area contributed by atoms with Crippen molar-refractivity contribution in [3.05, 3.63) is 58.7 Å². The summed E-state index contributed by atoms with van der Waals surface area (Å²) in [6, 6.07) is 15.9. The largest absolute Gasteiger partial charge is 0.382 e. The van der Waals surface area contributed by atoms with Crippen LogP contribution in [0.1, 0.15) is 54.9 Å². The van der Waals surface area contributed by atoms with E-state index in [0.717, 1.165) is 54.5 Å². The second-order valence-corrected chi connectivity index (χ2v) is 9.15. The molecule has 0 bridgehead atoms. The van der Waals surface area contributed by atoms with Crippen molar-refractivity contribution in [2.24, 2.45) is 21.1 Å². The lowest BCUT2D eigenvalue weighted by molar-refractivity contribution is -0.000372. The summed E-state index contributed by atoms with van der Waals surface area (Å²) >= 11 is 0. The molecule has 160 valence electrons. The van der Waals surface area contributed by atoms with Gasteiger partial charge < -0.3 is 10.5 Å². The van der Waals surface area contributed by atoms with Crippen LogP contribution in [0.5, 0.6) is 0 Å². The Hall–Kier alpha value is -3.48. The van der Waals surface area contributed by atoms with Crippen LogP contribution < -0.4 is 5.73 Å². The molecule has 32 heavy (non-hydrogen) atoms. The predicted molar refractivity (Wildman–Crippen MR) is 123 cm³/mol. The summed E-state index contributed by atoms with van der Waals surface area (Å²) in [6.45, 7) is 1.93. The highest BCUT2D eigenvalue weighted by atomic mass is 16.5. The Kier molecular flexibility index (Phi) is 4.65. The van der Waals surface area contributed by atoms with E-state index in [1.165, 1.54) is 5.56 Å². The van der Waals surface area contributed by atoms with Crippen molar-refractivity contribution in [2.75, 3.05) is 7.11 Å². The second-order valence-electron chi connectivity index (χ2n) is 9.15. The Balaban J connectivity index is 1.66. The molecule has 0 radical (unpaired) electrons. The highest BCUT2D eigenvalue weighted by Gasteiger charge is 2.60. The zero-order chi connectivity index (χ0) is 22.5. The average Bonchev–Trinajstić information content (AvgIpc) is 3.26. The summed E-state index contributed by atoms with van der Waals surface area (Å²) in [7, 11) is 1.78. The Morgan fingerprint density at radius 1 is 1.00 bits per heavy atom. The van der Waals surface area contributed by atoms with Crippen molar-refractivity contribution in [1.82, 2.24) is 0 Å². The molecule has 0 saturated heterocycles. The SMILES string of the molecule is COC1CCC2(CC1)Cc1ccc(-c3cc(C#N)cc(C#N)c3)cc1C21N=C(C)C(N)=N1. The maximum atomic E-state index is 9.40. The van der Waals surface area contributed by atoms with Gasteiger partial charge in [-0.2, -0.15) is 10.5 Å². The van der Waals surface area contributed by atoms with E-state index in [2.05, 4.69) is 30.3 Å². The molecule has 5 rings (SSSR count). The van der Waals surface area contributed by atoms with Gasteiger partial charge in [-0.15, -0.1) is 0 Å². The van der Waals surface area contributed by atoms with Gasteiger partial charge in [-0.3, -0.25) is 4.99 Å². The van der Waals surface area contributed by atoms with Crippen LogP contribution >= 0.6 is 0 Å². The van der Waals surface area contributed by atoms with E-state index in [-0.39, 0.29) is 11.5 Å². The van der Waals surface area contributed by atoms with E-state index < -0.39 is 5.66 Å². The number of benzene rings is 2. The van der Waals surface area contributed by atoms with Crippen molar-refractivity contribution in [2.45, 2.75) is 50.8 Å². The molecule has 1 atom stereocenters. The molecule has 1 unspecified atom stereocenters. The van der Waals surface area contributed by atoms with Crippen LogP contribution in [0.25, 0.3) is 11.1 Å². The normalized spacial score (nSPS) is 28.2. The third-order valence-electron chi connectivity index (χ3n) is 7.48. The van der Waals surface area contributed by atoms with Crippen LogP contribution in [-0.4, -0.2) is 24.8 Å². The topological polar surface area (TPSA) is 108 Å². The number of nitriles is 2. The van der Waals surface area contributed by atoms with Gasteiger partial charge in [0.1, 0.15) is 5.84 Å². The first-order valence-electron chi connectivity index (χ1n) is 11.0. The molecule has 2 aromatic rings. The lowest BCUT2D eigenvalue weighted by atomic mass is 9.65. The number of fused-ring (bicyclic) bond motifs is 3. The van der Waals surface area contributed by atoms with Crippen LogP contribution in [0.15, 0.2) is 46.4 Å². The average molecular weight is 424 g/mol. The summed E-state index contributed by atoms with van der Waals surface area (Å²) in [5.41, 5.74) is 11.3. The number of rotatable bonds is 2. The van der Waals surface area contributed by atoms with E-state index in [4.69, 9.17) is 20.5 Å². The van der Waals surface area contributed by atoms with Crippen molar-refractivity contribution in [3.8, 4) is 23.3 Å². The van der Waals surface area contributed by atoms with Gasteiger partial charge in [-0.05, 0) is 80.0 Å². The fourth-order valence-electron chi connectivity index (χ4n) is 5.77. The van der Waals surface area contributed by atoms with Gasteiger partial charge in [0.25, 0.3) is 0 Å². The summed E-state index contributed by atoms with van der Waals surface area (Å²) in [5.74, 6) is 0.509. The minimum Gasteiger partial charge on any atom is -0.382 e. The summed E-state index contributed by atoms with van der Waals surface area (Å²) < 4.78 is 5.64. The van der Waals surface area contributed by atoms with Gasteiger partial charge in [0.15, 0.2) is 5.66 Å². The van der Waals surface area contributed by atoms with Gasteiger partial charge >= 0.3 is 0 Å². The van der Waals surface area contributed by atoms with E-state index in [1.807, 2.05) is 19.1 Å². The number of hydrogen-bond acceptors (Lipinski definition) is 6. The molecule has 6 nitrogen and oxygen atoms in total. The molecule has 2 spiro atoms. The fraction of sp³-hybridized carbons (Fsp3) is 0.385. The summed E-state index contributed by atoms with van der Waals surface area (Å²) in [6.07, 6.45) is 5.12. The highest BCUT2D eigenvalue weighted by Crippen LogP contribution is 2.62. The standard InChI is InChI=1S/C26H25N5O/c1-16-24(29)31-26(30-16)23-12-19(21-10-17(14-27)9-18(11-21)15-28)3-4-20(23)13-25(26)7-5-22(32-2)6-8-25/h3-4,9-12,22H,5-8,13H2,1-2H3,(H2,29,31). The van der Waals surface area contributed by atoms with Gasteiger partial charge in [-0.1, -0.05) is 12.1 Å². The second kappa shape index (κ2) is 7.29. The van der Waals surface area contributed by atoms with Crippen LogP contribution in [0, 0.1) is 28.1 Å². The monoisotopic (exact) mass is 423 g/mol. The van der Waals surface area contributed by atoms with E-state index >= 15 is 0 Å². The molecule has 2 N–H and O–H groups in total. The third-order valence-corrected chi connectivity index (χ3v) is 7.48. The molecule has 1 heterocycles. The van der Waals surface area contributed by atoms with E-state index in [0.29, 0.717) is 17.0 Å². The number of aliphatic imine (C=N–C) groups is 2. The fourth-order valence-corrected chi connectivity index (χ4v) is 5.77. The maximum Gasteiger partial charge on any atom is 0.184 e. The predicted octanol–water partition coefficient (Wildman–Crippen LogP) is 4.21. The first kappa shape index (κ1) is 20.4. The molecular weight excluding hydrogens is 398 g/mol. The zero-order valence-corrected chi connectivity index (χ0v) is 18.4. The number of ether oxygens (including phenoxy) is 1. The number of amidine groups is 1. The molecule has 1 saturated carbocycles. The van der Waals surface area contributed by atoms with Crippen molar-refractivity contribution in [3.63, 3.8) is 0 Å². The van der Waals surface area contributed by atoms with E-state index in [1.54, 1.807) is 13.2 Å². The number of nitrogens with two attached hydrogens (primary N) is 1. The van der Waals surface area contributed by atoms with Gasteiger partial charge in [0, 0.05) is 18.1 Å². The zero-order valence-electron chi connectivity index (χ0n) is 18.4. The first-order chi connectivity index (χ1) is 15.4. The minimum absolute atomic E-state index is 0.113. The van der Waals surface area contributed by atoms with Crippen molar-refractivity contribution in [1.29, 1.82) is 10.5 Å². The molecule has 0 aromatic heterocycles. The van der Waals surface area contributed by atoms with Crippen molar-refractivity contribution >= 4 is 11.5 Å². The van der Waals surface area contributed by atoms with Crippen LogP contribution in [-0.2, 0) is 16.8 Å². The quantitative estimate of drug-likeness (QED) is 0.780. The maximum absolute atomic E-state index is 9.40. The molecule has 1 fully saturated rings. The Morgan fingerprint density at radius 2 is 1.69 bits per heavy atom. The molecule has 6 heteroatoms. The number of hydrogen-bond donors (Lipinski definition) is 1. The third kappa shape index (κ3) is 2.87. The molecule has 0 amide bonds. The first-order valence-corrected chi connectivity index (χ1v) is 11.0. The van der Waals surface area contributed by atoms with Crippen LogP contribution in [0.3, 0.4) is 0 Å². The summed E-state index contributed by atoms with van der Waals surface area (Å²) in [5, 5.41) is 18.8. The Morgan fingerprint density at radius 3 is 2.25 bits per heavy atom. The molecule has 1 aliphatic heterocycles. The molecular formula is C26H25N5O. The molecule has 3 aliphatic rings. The van der Waals surface area contributed by atoms with Crippen LogP contribution in [0.4, 0.5) is 0 Å². The van der Waals surface area contributed by atoms with Gasteiger partial charge in [-0.25, -0.2) is 4.99 Å². The Labute approximate surface area is 188 Å². The highest BCUT2D eigenvalue weighted by molar-refractivity contribution is 6.41. The smallest absolute Gasteiger partial charge is 0.184 e. The lowest BCUT2D eigenvalue weighted by Crippen LogP contribution is -2.43. The molecule has 2 aliphatic carbocycles. The van der Waals surface area contributed by atoms with E-state index in [9.17, 15) is 10.5 Å². The molecule has 2 aromatic carbocycles. The van der Waals surface area contributed by atoms with Gasteiger partial charge in [0.05, 0.1) is 35.1 Å². The number of nitrogens with zero attached hydrogens (tertiary/aromatic N) is 4. The van der Waals surface area contributed by atoms with Gasteiger partial charge in [0.2, 0.25) is 0 Å².